The summed E-state index contributed by atoms with van der Waals surface area (Å²) in [6.45, 7) is 1.19. The van der Waals surface area contributed by atoms with Crippen molar-refractivity contribution in [3.8, 4) is 0 Å². The van der Waals surface area contributed by atoms with Crippen molar-refractivity contribution in [1.82, 2.24) is 5.32 Å². The molecule has 0 radical (unpaired) electrons. The van der Waals surface area contributed by atoms with Crippen LogP contribution >= 0.6 is 0 Å². The number of nitrogens with one attached hydrogen (secondary N) is 1. The molecule has 1 atom stereocenters. The summed E-state index contributed by atoms with van der Waals surface area (Å²) < 4.78 is 10.4. The van der Waals surface area contributed by atoms with Gasteiger partial charge in [-0.25, -0.2) is 0 Å². The number of hydrogen-bond donors (Lipinski definition) is 2. The number of amides is 1. The van der Waals surface area contributed by atoms with E-state index in [2.05, 4.69) is 5.32 Å². The van der Waals surface area contributed by atoms with E-state index in [-0.39, 0.29) is 11.8 Å². The maximum absolute atomic E-state index is 10.9. The molecule has 76 valence electrons. The Morgan fingerprint density at radius 3 is 2.62 bits per heavy atom. The summed E-state index contributed by atoms with van der Waals surface area (Å²) in [5, 5.41) is 3.06. The highest BCUT2D eigenvalue weighted by Gasteiger charge is 2.38. The molecule has 0 spiro atoms. The average Bonchev–Trinajstić information content (AvgIpc) is 2.18. The lowest BCUT2D eigenvalue weighted by atomic mass is 9.94. The Hall–Kier alpha value is -0.650. The molecule has 1 aliphatic heterocycles. The molecular formula is C8H16N2O3. The number of hydrogen-bond acceptors (Lipinski definition) is 4. The Kier molecular flexibility index (Phi) is 3.24. The molecule has 13 heavy (non-hydrogen) atoms. The molecule has 1 rings (SSSR count). The second kappa shape index (κ2) is 4.04. The monoisotopic (exact) mass is 188 g/mol. The Labute approximate surface area is 77.6 Å². The first-order valence-electron chi connectivity index (χ1n) is 4.24. The van der Waals surface area contributed by atoms with Crippen LogP contribution < -0.4 is 11.1 Å². The third-order valence-corrected chi connectivity index (χ3v) is 2.49. The van der Waals surface area contributed by atoms with Gasteiger partial charge in [-0.15, -0.1) is 0 Å². The maximum Gasteiger partial charge on any atom is 0.222 e. The first kappa shape index (κ1) is 10.4. The number of methoxy groups -OCH3 is 2. The number of primary amides is 1. The fraction of sp³-hybridized carbons (Fsp3) is 0.875. The van der Waals surface area contributed by atoms with Gasteiger partial charge in [-0.2, -0.15) is 0 Å². The molecule has 0 aliphatic carbocycles. The van der Waals surface area contributed by atoms with Crippen LogP contribution in [0.3, 0.4) is 0 Å². The van der Waals surface area contributed by atoms with Gasteiger partial charge in [-0.3, -0.25) is 4.79 Å². The molecule has 1 unspecified atom stereocenters. The predicted octanol–water partition coefficient (Wildman–Crippen LogP) is -0.930. The van der Waals surface area contributed by atoms with Crippen molar-refractivity contribution in [2.45, 2.75) is 12.2 Å². The minimum atomic E-state index is -0.696. The van der Waals surface area contributed by atoms with Crippen molar-refractivity contribution in [3.63, 3.8) is 0 Å². The van der Waals surface area contributed by atoms with Crippen LogP contribution in [0.1, 0.15) is 6.42 Å². The molecule has 5 nitrogen and oxygen atoms in total. The zero-order valence-corrected chi connectivity index (χ0v) is 8.00. The average molecular weight is 188 g/mol. The van der Waals surface area contributed by atoms with Crippen LogP contribution in [0.4, 0.5) is 0 Å². The number of carbonyl (C=O) groups excluding carboxylic acids is 1. The van der Waals surface area contributed by atoms with Gasteiger partial charge in [0.1, 0.15) is 0 Å². The van der Waals surface area contributed by atoms with Crippen LogP contribution in [-0.4, -0.2) is 39.0 Å². The topological polar surface area (TPSA) is 73.6 Å². The molecule has 0 aromatic carbocycles. The highest BCUT2D eigenvalue weighted by atomic mass is 16.7. The molecule has 1 fully saturated rings. The molecule has 3 N–H and O–H groups in total. The van der Waals surface area contributed by atoms with Gasteiger partial charge in [-0.05, 0) is 0 Å². The molecule has 1 aliphatic rings. The largest absolute Gasteiger partial charge is 0.369 e. The Balaban J connectivity index is 2.63. The van der Waals surface area contributed by atoms with Crippen LogP contribution in [0.15, 0.2) is 0 Å². The lowest BCUT2D eigenvalue weighted by Gasteiger charge is -2.37. The first-order chi connectivity index (χ1) is 6.13. The highest BCUT2D eigenvalue weighted by molar-refractivity contribution is 5.77. The van der Waals surface area contributed by atoms with E-state index in [0.29, 0.717) is 19.5 Å². The minimum absolute atomic E-state index is 0.214. The van der Waals surface area contributed by atoms with Crippen molar-refractivity contribution in [2.24, 2.45) is 11.7 Å². The van der Waals surface area contributed by atoms with E-state index < -0.39 is 5.79 Å². The van der Waals surface area contributed by atoms with Crippen LogP contribution in [0.5, 0.6) is 0 Å². The molecule has 0 saturated carbocycles. The van der Waals surface area contributed by atoms with E-state index in [1.54, 1.807) is 14.2 Å². The van der Waals surface area contributed by atoms with Gasteiger partial charge >= 0.3 is 0 Å². The number of nitrogens with two attached hydrogens (primary N) is 1. The van der Waals surface area contributed by atoms with Gasteiger partial charge in [-0.1, -0.05) is 0 Å². The molecule has 0 aromatic heterocycles. The predicted molar refractivity (Wildman–Crippen MR) is 46.9 cm³/mol. The van der Waals surface area contributed by atoms with Crippen molar-refractivity contribution >= 4 is 5.91 Å². The standard InChI is InChI=1S/C8H16N2O3/c1-12-8(13-2)3-6(7(9)11)4-10-5-8/h6,10H,3-5H2,1-2H3,(H2,9,11). The normalized spacial score (nSPS) is 27.1. The van der Waals surface area contributed by atoms with E-state index in [9.17, 15) is 4.79 Å². The van der Waals surface area contributed by atoms with Crippen molar-refractivity contribution < 1.29 is 14.3 Å². The van der Waals surface area contributed by atoms with Gasteiger partial charge in [0.2, 0.25) is 5.91 Å². The third kappa shape index (κ3) is 2.18. The zero-order valence-electron chi connectivity index (χ0n) is 8.00. The number of rotatable bonds is 3. The van der Waals surface area contributed by atoms with Crippen molar-refractivity contribution in [1.29, 1.82) is 0 Å². The Bertz CT molecular complexity index is 192. The first-order valence-corrected chi connectivity index (χ1v) is 4.24. The second-order valence-electron chi connectivity index (χ2n) is 3.25. The number of ether oxygens (including phenoxy) is 2. The molecule has 1 saturated heterocycles. The summed E-state index contributed by atoms with van der Waals surface area (Å²) in [4.78, 5) is 10.9. The summed E-state index contributed by atoms with van der Waals surface area (Å²) >= 11 is 0. The summed E-state index contributed by atoms with van der Waals surface area (Å²) in [7, 11) is 3.13. The minimum Gasteiger partial charge on any atom is -0.369 e. The van der Waals surface area contributed by atoms with Crippen LogP contribution in [-0.2, 0) is 14.3 Å². The van der Waals surface area contributed by atoms with E-state index in [4.69, 9.17) is 15.2 Å². The summed E-state index contributed by atoms with van der Waals surface area (Å²) in [5.41, 5.74) is 5.21. The smallest absolute Gasteiger partial charge is 0.222 e. The van der Waals surface area contributed by atoms with E-state index in [1.807, 2.05) is 0 Å². The maximum atomic E-state index is 10.9. The molecular weight excluding hydrogens is 172 g/mol. The molecule has 5 heteroatoms. The zero-order chi connectivity index (χ0) is 9.90. The molecule has 1 heterocycles. The quantitative estimate of drug-likeness (QED) is 0.561. The fourth-order valence-corrected chi connectivity index (χ4v) is 1.55. The Morgan fingerprint density at radius 2 is 2.15 bits per heavy atom. The second-order valence-corrected chi connectivity index (χ2v) is 3.25. The summed E-state index contributed by atoms with van der Waals surface area (Å²) in [6.07, 6.45) is 0.516. The van der Waals surface area contributed by atoms with Gasteiger partial charge in [0.05, 0.1) is 5.92 Å². The lowest BCUT2D eigenvalue weighted by Crippen LogP contribution is -2.54. The van der Waals surface area contributed by atoms with E-state index >= 15 is 0 Å². The van der Waals surface area contributed by atoms with Crippen LogP contribution in [0, 0.1) is 5.92 Å². The van der Waals surface area contributed by atoms with Gasteiger partial charge < -0.3 is 20.5 Å². The van der Waals surface area contributed by atoms with Crippen molar-refractivity contribution in [2.75, 3.05) is 27.3 Å². The van der Waals surface area contributed by atoms with E-state index in [0.717, 1.165) is 0 Å². The molecule has 0 aromatic rings. The van der Waals surface area contributed by atoms with Crippen LogP contribution in [0.2, 0.25) is 0 Å². The van der Waals surface area contributed by atoms with E-state index in [1.165, 1.54) is 0 Å². The highest BCUT2D eigenvalue weighted by Crippen LogP contribution is 2.24. The number of piperidine rings is 1. The van der Waals surface area contributed by atoms with Gasteiger partial charge in [0.25, 0.3) is 0 Å². The van der Waals surface area contributed by atoms with Crippen LogP contribution in [0.25, 0.3) is 0 Å². The SMILES string of the molecule is COC1(OC)CNCC(C(N)=O)C1. The van der Waals surface area contributed by atoms with Gasteiger partial charge in [0.15, 0.2) is 5.79 Å². The lowest BCUT2D eigenvalue weighted by molar-refractivity contribution is -0.221. The molecule has 0 bridgehead atoms. The van der Waals surface area contributed by atoms with Gasteiger partial charge in [0, 0.05) is 33.7 Å². The molecule has 1 amide bonds. The fourth-order valence-electron chi connectivity index (χ4n) is 1.55. The summed E-state index contributed by atoms with van der Waals surface area (Å²) in [6, 6.07) is 0. The number of carbonyl (C=O) groups is 1. The van der Waals surface area contributed by atoms with Crippen molar-refractivity contribution in [3.05, 3.63) is 0 Å². The Morgan fingerprint density at radius 1 is 1.54 bits per heavy atom. The summed E-state index contributed by atoms with van der Waals surface area (Å²) in [5.74, 6) is -1.22. The third-order valence-electron chi connectivity index (χ3n) is 2.49.